The van der Waals surface area contributed by atoms with Crippen molar-refractivity contribution in [1.82, 2.24) is 9.55 Å². The Bertz CT molecular complexity index is 580. The topological polar surface area (TPSA) is 62.3 Å². The maximum absolute atomic E-state index is 6.29. The smallest absolute Gasteiger partial charge is 0.166 e. The van der Waals surface area contributed by atoms with Crippen LogP contribution in [0.4, 0.5) is 0 Å². The van der Waals surface area contributed by atoms with Crippen LogP contribution in [0.25, 0.3) is 0 Å². The van der Waals surface area contributed by atoms with E-state index in [0.29, 0.717) is 19.6 Å². The van der Waals surface area contributed by atoms with Crippen LogP contribution in [-0.2, 0) is 13.5 Å². The van der Waals surface area contributed by atoms with E-state index < -0.39 is 0 Å². The predicted octanol–water partition coefficient (Wildman–Crippen LogP) is 1.43. The van der Waals surface area contributed by atoms with Gasteiger partial charge in [-0.3, -0.25) is 0 Å². The van der Waals surface area contributed by atoms with E-state index in [0.717, 1.165) is 22.9 Å². The third-order valence-corrected chi connectivity index (χ3v) is 3.32. The number of aryl methyl sites for hydroxylation is 1. The number of fused-ring (bicyclic) bond motifs is 1. The first-order valence-corrected chi connectivity index (χ1v) is 6.36. The number of aromatic nitrogens is 2. The summed E-state index contributed by atoms with van der Waals surface area (Å²) in [5.41, 5.74) is 7.26. The number of hydrogen-bond donors (Lipinski definition) is 1. The van der Waals surface area contributed by atoms with E-state index >= 15 is 0 Å². The fourth-order valence-electron chi connectivity index (χ4n) is 2.29. The van der Waals surface area contributed by atoms with E-state index in [2.05, 4.69) is 4.98 Å². The van der Waals surface area contributed by atoms with Crippen LogP contribution in [0.5, 0.6) is 11.5 Å². The van der Waals surface area contributed by atoms with Crippen molar-refractivity contribution in [1.29, 1.82) is 0 Å². The van der Waals surface area contributed by atoms with Gasteiger partial charge in [-0.25, -0.2) is 4.98 Å². The monoisotopic (exact) mass is 259 g/mol. The van der Waals surface area contributed by atoms with Crippen molar-refractivity contribution in [2.24, 2.45) is 12.8 Å². The molecular weight excluding hydrogens is 242 g/mol. The highest BCUT2D eigenvalue weighted by Gasteiger charge is 2.20. The van der Waals surface area contributed by atoms with Gasteiger partial charge in [0, 0.05) is 37.5 Å². The van der Waals surface area contributed by atoms with Crippen molar-refractivity contribution in [3.63, 3.8) is 0 Å². The van der Waals surface area contributed by atoms with E-state index in [1.54, 1.807) is 6.20 Å². The molecule has 1 aromatic carbocycles. The molecule has 1 aliphatic rings. The van der Waals surface area contributed by atoms with Crippen molar-refractivity contribution in [2.75, 3.05) is 13.2 Å². The molecule has 0 bridgehead atoms. The first kappa shape index (κ1) is 12.0. The van der Waals surface area contributed by atoms with Gasteiger partial charge in [0.2, 0.25) is 0 Å². The van der Waals surface area contributed by atoms with Gasteiger partial charge in [0.15, 0.2) is 11.5 Å². The van der Waals surface area contributed by atoms with Crippen molar-refractivity contribution >= 4 is 0 Å². The summed E-state index contributed by atoms with van der Waals surface area (Å²) in [6, 6.07) is 5.69. The Kier molecular flexibility index (Phi) is 3.13. The summed E-state index contributed by atoms with van der Waals surface area (Å²) < 4.78 is 13.2. The van der Waals surface area contributed by atoms with E-state index in [9.17, 15) is 0 Å². The third-order valence-electron chi connectivity index (χ3n) is 3.32. The zero-order chi connectivity index (χ0) is 13.2. The lowest BCUT2D eigenvalue weighted by molar-refractivity contribution is 0.169. The maximum Gasteiger partial charge on any atom is 0.166 e. The second-order valence-electron chi connectivity index (χ2n) is 4.64. The molecule has 2 N–H and O–H groups in total. The lowest BCUT2D eigenvalue weighted by Gasteiger charge is -2.23. The normalized spacial score (nSPS) is 15.3. The van der Waals surface area contributed by atoms with Gasteiger partial charge in [0.1, 0.15) is 19.0 Å². The molecular formula is C14H17N3O2. The van der Waals surface area contributed by atoms with Crippen LogP contribution in [-0.4, -0.2) is 22.8 Å². The molecule has 5 nitrogen and oxygen atoms in total. The van der Waals surface area contributed by atoms with Crippen LogP contribution >= 0.6 is 0 Å². The van der Waals surface area contributed by atoms with Gasteiger partial charge < -0.3 is 19.8 Å². The van der Waals surface area contributed by atoms with Gasteiger partial charge >= 0.3 is 0 Å². The lowest BCUT2D eigenvalue weighted by Crippen LogP contribution is -2.21. The first-order valence-electron chi connectivity index (χ1n) is 6.36. The molecule has 3 rings (SSSR count). The molecule has 0 saturated heterocycles. The zero-order valence-electron chi connectivity index (χ0n) is 10.9. The average molecular weight is 259 g/mol. The highest BCUT2D eigenvalue weighted by atomic mass is 16.6. The molecule has 0 aliphatic carbocycles. The largest absolute Gasteiger partial charge is 0.486 e. The predicted molar refractivity (Wildman–Crippen MR) is 71.3 cm³/mol. The summed E-state index contributed by atoms with van der Waals surface area (Å²) in [5.74, 6) is 2.51. The Labute approximate surface area is 112 Å². The summed E-state index contributed by atoms with van der Waals surface area (Å²) >= 11 is 0. The second-order valence-corrected chi connectivity index (χ2v) is 4.64. The van der Waals surface area contributed by atoms with Crippen molar-refractivity contribution in [3.05, 3.63) is 42.0 Å². The quantitative estimate of drug-likeness (QED) is 0.906. The summed E-state index contributed by atoms with van der Waals surface area (Å²) in [6.45, 7) is 1.16. The van der Waals surface area contributed by atoms with Gasteiger partial charge in [0.05, 0.1) is 0 Å². The molecule has 0 saturated carbocycles. The summed E-state index contributed by atoms with van der Waals surface area (Å²) in [4.78, 5) is 4.30. The fourth-order valence-corrected chi connectivity index (χ4v) is 2.29. The summed E-state index contributed by atoms with van der Waals surface area (Å²) in [6.07, 6.45) is 4.37. The Balaban J connectivity index is 1.87. The van der Waals surface area contributed by atoms with E-state index in [-0.39, 0.29) is 6.04 Å². The standard InChI is InChI=1S/C14H17N3O2/c1-17-6-5-16-13(17)9-11(15)10-3-2-4-12-14(10)19-8-7-18-12/h2-6,11H,7-9,15H2,1H3. The van der Waals surface area contributed by atoms with Crippen LogP contribution in [0.1, 0.15) is 17.4 Å². The molecule has 5 heteroatoms. The molecule has 1 aromatic heterocycles. The first-order chi connectivity index (χ1) is 9.25. The Morgan fingerprint density at radius 2 is 2.21 bits per heavy atom. The Morgan fingerprint density at radius 3 is 3.00 bits per heavy atom. The molecule has 0 fully saturated rings. The molecule has 100 valence electrons. The number of nitrogens with zero attached hydrogens (tertiary/aromatic N) is 2. The second kappa shape index (κ2) is 4.93. The lowest BCUT2D eigenvalue weighted by atomic mass is 10.0. The maximum atomic E-state index is 6.29. The molecule has 0 spiro atoms. The number of nitrogens with two attached hydrogens (primary N) is 1. The molecule has 2 aromatic rings. The van der Waals surface area contributed by atoms with Crippen LogP contribution in [0.15, 0.2) is 30.6 Å². The van der Waals surface area contributed by atoms with E-state index in [1.165, 1.54) is 0 Å². The van der Waals surface area contributed by atoms with Crippen LogP contribution in [0, 0.1) is 0 Å². The molecule has 1 atom stereocenters. The third kappa shape index (κ3) is 2.29. The highest BCUT2D eigenvalue weighted by Crippen LogP contribution is 2.36. The SMILES string of the molecule is Cn1ccnc1CC(N)c1cccc2c1OCCO2. The molecule has 1 unspecified atom stereocenters. The molecule has 2 heterocycles. The van der Waals surface area contributed by atoms with Crippen LogP contribution in [0.3, 0.4) is 0 Å². The fraction of sp³-hybridized carbons (Fsp3) is 0.357. The number of hydrogen-bond acceptors (Lipinski definition) is 4. The molecule has 1 aliphatic heterocycles. The molecule has 19 heavy (non-hydrogen) atoms. The van der Waals surface area contributed by atoms with Crippen molar-refractivity contribution in [3.8, 4) is 11.5 Å². The van der Waals surface area contributed by atoms with Gasteiger partial charge in [0.25, 0.3) is 0 Å². The van der Waals surface area contributed by atoms with Gasteiger partial charge in [-0.1, -0.05) is 12.1 Å². The highest BCUT2D eigenvalue weighted by molar-refractivity contribution is 5.49. The molecule has 0 amide bonds. The van der Waals surface area contributed by atoms with Crippen molar-refractivity contribution < 1.29 is 9.47 Å². The zero-order valence-corrected chi connectivity index (χ0v) is 10.9. The Morgan fingerprint density at radius 1 is 1.37 bits per heavy atom. The van der Waals surface area contributed by atoms with E-state index in [1.807, 2.05) is 36.0 Å². The van der Waals surface area contributed by atoms with Crippen LogP contribution < -0.4 is 15.2 Å². The summed E-state index contributed by atoms with van der Waals surface area (Å²) in [7, 11) is 1.97. The minimum Gasteiger partial charge on any atom is -0.486 e. The minimum atomic E-state index is -0.155. The number of ether oxygens (including phenoxy) is 2. The average Bonchev–Trinajstić information content (AvgIpc) is 2.83. The van der Waals surface area contributed by atoms with Gasteiger partial charge in [-0.05, 0) is 6.07 Å². The molecule has 0 radical (unpaired) electrons. The van der Waals surface area contributed by atoms with Crippen molar-refractivity contribution in [2.45, 2.75) is 12.5 Å². The number of rotatable bonds is 3. The number of benzene rings is 1. The number of imidazole rings is 1. The van der Waals surface area contributed by atoms with Gasteiger partial charge in [-0.2, -0.15) is 0 Å². The number of para-hydroxylation sites is 1. The minimum absolute atomic E-state index is 0.155. The Hall–Kier alpha value is -2.01. The van der Waals surface area contributed by atoms with E-state index in [4.69, 9.17) is 15.2 Å². The van der Waals surface area contributed by atoms with Crippen LogP contribution in [0.2, 0.25) is 0 Å². The van der Waals surface area contributed by atoms with Gasteiger partial charge in [-0.15, -0.1) is 0 Å². The summed E-state index contributed by atoms with van der Waals surface area (Å²) in [5, 5.41) is 0.